The van der Waals surface area contributed by atoms with Crippen molar-refractivity contribution in [3.8, 4) is 0 Å². The Balaban J connectivity index is 1.45. The Morgan fingerprint density at radius 1 is 1.14 bits per heavy atom. The first-order chi connectivity index (χ1) is 17.6. The number of piperidine rings is 1. The fourth-order valence-electron chi connectivity index (χ4n) is 5.39. The van der Waals surface area contributed by atoms with Gasteiger partial charge in [-0.1, -0.05) is 31.5 Å². The van der Waals surface area contributed by atoms with Gasteiger partial charge in [-0.2, -0.15) is 19.6 Å². The van der Waals surface area contributed by atoms with Crippen molar-refractivity contribution in [2.75, 3.05) is 41.3 Å². The number of nitrogens with one attached hydrogen (secondary N) is 1. The van der Waals surface area contributed by atoms with Gasteiger partial charge in [-0.05, 0) is 51.2 Å². The van der Waals surface area contributed by atoms with Crippen molar-refractivity contribution in [1.29, 1.82) is 0 Å². The molecule has 0 unspecified atom stereocenters. The second-order valence-electron chi connectivity index (χ2n) is 11.3. The van der Waals surface area contributed by atoms with E-state index in [9.17, 15) is 5.11 Å². The highest BCUT2D eigenvalue weighted by molar-refractivity contribution is 6.31. The molecule has 0 radical (unpaired) electrons. The van der Waals surface area contributed by atoms with Crippen molar-refractivity contribution < 1.29 is 5.11 Å². The third-order valence-electron chi connectivity index (χ3n) is 7.87. The zero-order valence-corrected chi connectivity index (χ0v) is 23.0. The lowest BCUT2D eigenvalue weighted by molar-refractivity contribution is 0.0263. The first-order valence-electron chi connectivity index (χ1n) is 13.4. The Bertz CT molecular complexity index is 1250. The summed E-state index contributed by atoms with van der Waals surface area (Å²) in [5.41, 5.74) is 9.45. The first-order valence-corrected chi connectivity index (χ1v) is 13.7. The van der Waals surface area contributed by atoms with Crippen LogP contribution >= 0.6 is 11.6 Å². The van der Waals surface area contributed by atoms with E-state index in [0.29, 0.717) is 23.5 Å². The van der Waals surface area contributed by atoms with Crippen LogP contribution in [0.15, 0.2) is 24.4 Å². The van der Waals surface area contributed by atoms with Gasteiger partial charge in [-0.15, -0.1) is 0 Å². The Hall–Kier alpha value is -2.62. The van der Waals surface area contributed by atoms with Gasteiger partial charge < -0.3 is 26.0 Å². The molecule has 0 saturated carbocycles. The van der Waals surface area contributed by atoms with Crippen LogP contribution in [0.4, 0.5) is 17.6 Å². The maximum atomic E-state index is 10.5. The molecule has 2 aliphatic rings. The minimum absolute atomic E-state index is 0.215. The van der Waals surface area contributed by atoms with Crippen LogP contribution in [0.3, 0.4) is 0 Å². The Labute approximate surface area is 224 Å². The molecule has 1 aromatic carbocycles. The van der Waals surface area contributed by atoms with Crippen LogP contribution in [0.5, 0.6) is 0 Å². The monoisotopic (exact) mass is 526 g/mol. The smallest absolute Gasteiger partial charge is 0.230 e. The molecule has 2 fully saturated rings. The molecule has 0 bridgehead atoms. The Kier molecular flexibility index (Phi) is 7.22. The van der Waals surface area contributed by atoms with Crippen LogP contribution in [0.25, 0.3) is 5.65 Å². The number of fused-ring (bicyclic) bond motifs is 1. The average Bonchev–Trinajstić information content (AvgIpc) is 3.51. The maximum absolute atomic E-state index is 10.5. The second-order valence-corrected chi connectivity index (χ2v) is 11.7. The van der Waals surface area contributed by atoms with Gasteiger partial charge in [0.2, 0.25) is 11.9 Å². The number of rotatable bonds is 7. The van der Waals surface area contributed by atoms with Crippen molar-refractivity contribution >= 4 is 34.8 Å². The summed E-state index contributed by atoms with van der Waals surface area (Å²) in [6.45, 7) is 12.0. The quantitative estimate of drug-likeness (QED) is 0.423. The molecule has 2 aliphatic heterocycles. The number of halogens is 1. The normalized spacial score (nSPS) is 19.4. The molecular formula is C27H39ClN8O. The van der Waals surface area contributed by atoms with Crippen molar-refractivity contribution in [3.05, 3.63) is 40.5 Å². The number of anilines is 3. The van der Waals surface area contributed by atoms with Crippen LogP contribution in [0, 0.1) is 5.92 Å². The van der Waals surface area contributed by atoms with Crippen molar-refractivity contribution in [2.45, 2.75) is 71.1 Å². The minimum atomic E-state index is -0.707. The Morgan fingerprint density at radius 2 is 1.86 bits per heavy atom. The summed E-state index contributed by atoms with van der Waals surface area (Å²) in [6, 6.07) is 6.26. The number of hydrogen-bond donors (Lipinski definition) is 3. The van der Waals surface area contributed by atoms with E-state index in [0.717, 1.165) is 67.9 Å². The van der Waals surface area contributed by atoms with E-state index in [1.807, 2.05) is 32.2 Å². The number of hydrogen-bond acceptors (Lipinski definition) is 8. The fourth-order valence-corrected chi connectivity index (χ4v) is 5.62. The maximum Gasteiger partial charge on any atom is 0.230 e. The highest BCUT2D eigenvalue weighted by atomic mass is 35.5. The molecule has 10 heteroatoms. The summed E-state index contributed by atoms with van der Waals surface area (Å²) in [6.07, 6.45) is 4.69. The van der Waals surface area contributed by atoms with E-state index in [2.05, 4.69) is 40.1 Å². The molecule has 9 nitrogen and oxygen atoms in total. The predicted octanol–water partition coefficient (Wildman–Crippen LogP) is 4.04. The van der Waals surface area contributed by atoms with E-state index in [1.54, 1.807) is 4.52 Å². The number of aliphatic hydroxyl groups is 1. The van der Waals surface area contributed by atoms with Crippen LogP contribution in [0.1, 0.15) is 64.0 Å². The zero-order valence-electron chi connectivity index (χ0n) is 22.3. The molecule has 4 heterocycles. The van der Waals surface area contributed by atoms with Gasteiger partial charge in [0, 0.05) is 66.5 Å². The molecule has 1 atom stereocenters. The second kappa shape index (κ2) is 10.3. The molecule has 0 aliphatic carbocycles. The molecule has 4 N–H and O–H groups in total. The number of aromatic nitrogens is 4. The summed E-state index contributed by atoms with van der Waals surface area (Å²) in [5.74, 6) is 1.85. The number of benzene rings is 1. The van der Waals surface area contributed by atoms with Crippen molar-refractivity contribution in [2.24, 2.45) is 11.7 Å². The molecule has 3 aromatic rings. The molecule has 0 amide bonds. The topological polar surface area (TPSA) is 108 Å². The number of nitrogens with zero attached hydrogens (tertiary/aromatic N) is 6. The van der Waals surface area contributed by atoms with Gasteiger partial charge in [-0.25, -0.2) is 0 Å². The highest BCUT2D eigenvalue weighted by Gasteiger charge is 2.34. The predicted molar refractivity (Wildman–Crippen MR) is 150 cm³/mol. The lowest BCUT2D eigenvalue weighted by Crippen LogP contribution is -2.40. The molecule has 200 valence electrons. The fraction of sp³-hybridized carbons (Fsp3) is 0.593. The zero-order chi connectivity index (χ0) is 26.3. The Morgan fingerprint density at radius 3 is 2.54 bits per heavy atom. The first kappa shape index (κ1) is 26.0. The molecular weight excluding hydrogens is 488 g/mol. The lowest BCUT2D eigenvalue weighted by atomic mass is 9.90. The average molecular weight is 527 g/mol. The number of nitrogens with two attached hydrogens (primary N) is 1. The van der Waals surface area contributed by atoms with Crippen molar-refractivity contribution in [1.82, 2.24) is 19.6 Å². The summed E-state index contributed by atoms with van der Waals surface area (Å²) >= 11 is 6.74. The molecule has 2 aromatic heterocycles. The van der Waals surface area contributed by atoms with Crippen LogP contribution < -0.4 is 20.9 Å². The third kappa shape index (κ3) is 5.35. The summed E-state index contributed by atoms with van der Waals surface area (Å²) < 4.78 is 1.80. The molecule has 0 spiro atoms. The van der Waals surface area contributed by atoms with Crippen molar-refractivity contribution in [3.63, 3.8) is 0 Å². The van der Waals surface area contributed by atoms with Gasteiger partial charge in [0.1, 0.15) is 0 Å². The molecule has 37 heavy (non-hydrogen) atoms. The molecule has 5 rings (SSSR count). The van der Waals surface area contributed by atoms with E-state index in [-0.39, 0.29) is 17.9 Å². The van der Waals surface area contributed by atoms with Crippen LogP contribution in [-0.4, -0.2) is 62.5 Å². The van der Waals surface area contributed by atoms with Gasteiger partial charge in [0.25, 0.3) is 0 Å². The van der Waals surface area contributed by atoms with Crippen LogP contribution in [-0.2, 0) is 6.54 Å². The van der Waals surface area contributed by atoms with E-state index in [1.165, 1.54) is 0 Å². The van der Waals surface area contributed by atoms with Gasteiger partial charge >= 0.3 is 0 Å². The standard InChI is InChI=1S/C27H39ClN8O/c1-17(2)20-15-31-36-24(20)32-26(34-12-9-19(29)10-13-34)33-25(36)30-14-21-22(28)6-5-7-23(21)35-11-8-18(16-35)27(3,4)37/h5-7,15,17-19,37H,8-14,16,29H2,1-4H3,(H,30,32,33)/t18-/m0/s1. The lowest BCUT2D eigenvalue weighted by Gasteiger charge is -2.30. The molecule has 2 saturated heterocycles. The minimum Gasteiger partial charge on any atom is -0.390 e. The van der Waals surface area contributed by atoms with Crippen LogP contribution in [0.2, 0.25) is 5.02 Å². The summed E-state index contributed by atoms with van der Waals surface area (Å²) in [7, 11) is 0. The van der Waals surface area contributed by atoms with Gasteiger partial charge in [0.05, 0.1) is 11.8 Å². The summed E-state index contributed by atoms with van der Waals surface area (Å²) in [4.78, 5) is 14.4. The highest BCUT2D eigenvalue weighted by Crippen LogP contribution is 2.35. The summed E-state index contributed by atoms with van der Waals surface area (Å²) in [5, 5.41) is 19.4. The SMILES string of the molecule is CC(C)c1cnn2c(NCc3c(Cl)cccc3N3CC[C@H](C(C)(C)O)C3)nc(N3CCC(N)CC3)nc12. The van der Waals surface area contributed by atoms with E-state index >= 15 is 0 Å². The van der Waals surface area contributed by atoms with E-state index < -0.39 is 5.60 Å². The third-order valence-corrected chi connectivity index (χ3v) is 8.23. The largest absolute Gasteiger partial charge is 0.390 e. The van der Waals surface area contributed by atoms with E-state index in [4.69, 9.17) is 27.3 Å². The van der Waals surface area contributed by atoms with Gasteiger partial charge in [-0.3, -0.25) is 0 Å². The van der Waals surface area contributed by atoms with Gasteiger partial charge in [0.15, 0.2) is 5.65 Å².